The Morgan fingerprint density at radius 2 is 0.926 bits per heavy atom. The minimum absolute atomic E-state index is 0.517. The summed E-state index contributed by atoms with van der Waals surface area (Å²) in [5, 5.41) is 0. The van der Waals surface area contributed by atoms with E-state index in [1.54, 1.807) is 33.4 Å². The molecule has 0 radical (unpaired) electrons. The van der Waals surface area contributed by atoms with Crippen molar-refractivity contribution >= 4 is 0 Å². The average molecular weight is 365 g/mol. The van der Waals surface area contributed by atoms with Crippen LogP contribution >= 0.6 is 0 Å². The highest BCUT2D eigenvalue weighted by molar-refractivity contribution is 5.50. The highest BCUT2D eigenvalue weighted by Gasteiger charge is 2.22. The Kier molecular flexibility index (Phi) is 8.14. The summed E-state index contributed by atoms with van der Waals surface area (Å²) in [4.78, 5) is 0. The summed E-state index contributed by atoms with van der Waals surface area (Å²) >= 11 is 0. The largest absolute Gasteiger partial charge is 0.0645 e. The Hall–Kier alpha value is -1.56. The lowest BCUT2D eigenvalue weighted by Gasteiger charge is -2.26. The van der Waals surface area contributed by atoms with E-state index in [4.69, 9.17) is 0 Å². The van der Waals surface area contributed by atoms with Crippen molar-refractivity contribution in [3.8, 4) is 0 Å². The van der Waals surface area contributed by atoms with Crippen LogP contribution in [0, 0.1) is 0 Å². The van der Waals surface area contributed by atoms with Gasteiger partial charge in [0.15, 0.2) is 0 Å². The summed E-state index contributed by atoms with van der Waals surface area (Å²) < 4.78 is 0. The smallest absolute Gasteiger partial charge is 0.00925 e. The van der Waals surface area contributed by atoms with E-state index in [2.05, 4.69) is 72.7 Å². The van der Waals surface area contributed by atoms with Crippen molar-refractivity contribution in [2.24, 2.45) is 0 Å². The molecule has 0 spiro atoms. The van der Waals surface area contributed by atoms with Crippen LogP contribution in [-0.2, 0) is 38.5 Å². The van der Waals surface area contributed by atoms with Gasteiger partial charge in [-0.1, -0.05) is 72.7 Å². The van der Waals surface area contributed by atoms with Gasteiger partial charge in [-0.25, -0.2) is 0 Å². The third kappa shape index (κ3) is 4.48. The third-order valence-electron chi connectivity index (χ3n) is 6.32. The fraction of sp³-hybridized carbons (Fsp3) is 0.556. The van der Waals surface area contributed by atoms with Crippen LogP contribution in [0.3, 0.4) is 0 Å². The second-order valence-electron chi connectivity index (χ2n) is 7.73. The molecule has 0 atom stereocenters. The molecular weight excluding hydrogens is 324 g/mol. The van der Waals surface area contributed by atoms with Crippen molar-refractivity contribution in [1.29, 1.82) is 0 Å². The summed E-state index contributed by atoms with van der Waals surface area (Å²) in [6.07, 6.45) is 7.95. The molecule has 27 heavy (non-hydrogen) atoms. The van der Waals surface area contributed by atoms with Crippen LogP contribution in [-0.4, -0.2) is 0 Å². The highest BCUT2D eigenvalue weighted by Crippen LogP contribution is 2.37. The van der Waals surface area contributed by atoms with E-state index in [-0.39, 0.29) is 0 Å². The zero-order chi connectivity index (χ0) is 20.0. The van der Waals surface area contributed by atoms with Crippen LogP contribution < -0.4 is 0 Å². The van der Waals surface area contributed by atoms with Crippen LogP contribution in [0.25, 0.3) is 0 Å². The Labute approximate surface area is 168 Å². The number of rotatable bonds is 9. The molecule has 0 saturated heterocycles. The maximum absolute atomic E-state index is 2.52. The minimum atomic E-state index is 0.517. The molecule has 2 rings (SSSR count). The van der Waals surface area contributed by atoms with Gasteiger partial charge in [-0.05, 0) is 89.5 Å². The molecule has 0 amide bonds. The molecule has 0 heterocycles. The molecule has 0 bridgehead atoms. The van der Waals surface area contributed by atoms with Gasteiger partial charge in [-0.15, -0.1) is 0 Å². The molecule has 0 fully saturated rings. The fourth-order valence-electron chi connectivity index (χ4n) is 4.78. The molecule has 0 heteroatoms. The maximum Gasteiger partial charge on any atom is 0.00925 e. The molecule has 0 nitrogen and oxygen atoms in total. The molecule has 0 aromatic heterocycles. The van der Waals surface area contributed by atoms with E-state index in [9.17, 15) is 0 Å². The summed E-state index contributed by atoms with van der Waals surface area (Å²) in [7, 11) is 0. The van der Waals surface area contributed by atoms with Crippen LogP contribution in [0.2, 0.25) is 0 Å². The van der Waals surface area contributed by atoms with Gasteiger partial charge in [-0.2, -0.15) is 0 Å². The summed E-state index contributed by atoms with van der Waals surface area (Å²) in [5.41, 5.74) is 12.5. The first-order valence-electron chi connectivity index (χ1n) is 11.4. The van der Waals surface area contributed by atoms with Crippen molar-refractivity contribution in [3.05, 3.63) is 68.8 Å². The Balaban J connectivity index is 2.77. The van der Waals surface area contributed by atoms with E-state index in [0.717, 1.165) is 38.5 Å². The standard InChI is InChI=1S/C27H40/c1-8-19-15-21(10-3)23(12-5)26(17-19)25(14-7)27-18-20(9-2)16-22(11-4)24(27)13-6/h15-18,25H,8-14H2,1-7H3. The van der Waals surface area contributed by atoms with Gasteiger partial charge >= 0.3 is 0 Å². The average Bonchev–Trinajstić information content (AvgIpc) is 2.72. The first-order chi connectivity index (χ1) is 13.1. The monoisotopic (exact) mass is 364 g/mol. The third-order valence-corrected chi connectivity index (χ3v) is 6.32. The predicted molar refractivity (Wildman–Crippen MR) is 121 cm³/mol. The predicted octanol–water partition coefficient (Wildman–Crippen LogP) is 7.60. The molecular formula is C27H40. The van der Waals surface area contributed by atoms with Crippen LogP contribution in [0.1, 0.15) is 105 Å². The lowest BCUT2D eigenvalue weighted by Crippen LogP contribution is -2.11. The first kappa shape index (κ1) is 21.7. The molecule has 0 N–H and O–H groups in total. The minimum Gasteiger partial charge on any atom is -0.0645 e. The maximum atomic E-state index is 2.52. The highest BCUT2D eigenvalue weighted by atomic mass is 14.3. The molecule has 0 saturated carbocycles. The van der Waals surface area contributed by atoms with E-state index >= 15 is 0 Å². The lowest BCUT2D eigenvalue weighted by molar-refractivity contribution is 0.743. The molecule has 0 unspecified atom stereocenters. The molecule has 148 valence electrons. The molecule has 0 aliphatic heterocycles. The molecule has 0 aliphatic rings. The Bertz CT molecular complexity index is 688. The van der Waals surface area contributed by atoms with Crippen molar-refractivity contribution in [1.82, 2.24) is 0 Å². The first-order valence-corrected chi connectivity index (χ1v) is 11.4. The second-order valence-corrected chi connectivity index (χ2v) is 7.73. The van der Waals surface area contributed by atoms with Crippen molar-refractivity contribution < 1.29 is 0 Å². The quantitative estimate of drug-likeness (QED) is 0.429. The van der Waals surface area contributed by atoms with Crippen molar-refractivity contribution in [3.63, 3.8) is 0 Å². The van der Waals surface area contributed by atoms with Gasteiger partial charge in [0.1, 0.15) is 0 Å². The van der Waals surface area contributed by atoms with Gasteiger partial charge in [0.05, 0.1) is 0 Å². The summed E-state index contributed by atoms with van der Waals surface area (Å²) in [5.74, 6) is 0.517. The van der Waals surface area contributed by atoms with E-state index < -0.39 is 0 Å². The van der Waals surface area contributed by atoms with Gasteiger partial charge in [0.2, 0.25) is 0 Å². The van der Waals surface area contributed by atoms with Crippen LogP contribution in [0.15, 0.2) is 24.3 Å². The Morgan fingerprint density at radius 1 is 0.519 bits per heavy atom. The lowest BCUT2D eigenvalue weighted by atomic mass is 9.78. The number of benzene rings is 2. The van der Waals surface area contributed by atoms with Gasteiger partial charge in [0, 0.05) is 5.92 Å². The zero-order valence-electron chi connectivity index (χ0n) is 18.8. The second kappa shape index (κ2) is 10.1. The van der Waals surface area contributed by atoms with Gasteiger partial charge < -0.3 is 0 Å². The molecule has 0 aliphatic carbocycles. The topological polar surface area (TPSA) is 0 Å². The van der Waals surface area contributed by atoms with Crippen molar-refractivity contribution in [2.75, 3.05) is 0 Å². The SMILES string of the molecule is CCc1cc(CC)c(CC)c(C(CC)c2cc(CC)cc(CC)c2CC)c1. The molecule has 2 aromatic carbocycles. The van der Waals surface area contributed by atoms with E-state index in [1.165, 1.54) is 17.5 Å². The van der Waals surface area contributed by atoms with Crippen molar-refractivity contribution in [2.45, 2.75) is 99.3 Å². The number of hydrogen-bond acceptors (Lipinski definition) is 0. The van der Waals surface area contributed by atoms with Crippen LogP contribution in [0.5, 0.6) is 0 Å². The van der Waals surface area contributed by atoms with E-state index in [1.807, 2.05) is 0 Å². The number of aryl methyl sites for hydroxylation is 4. The van der Waals surface area contributed by atoms with Crippen LogP contribution in [0.4, 0.5) is 0 Å². The number of hydrogen-bond donors (Lipinski definition) is 0. The fourth-order valence-corrected chi connectivity index (χ4v) is 4.78. The van der Waals surface area contributed by atoms with Gasteiger partial charge in [-0.3, -0.25) is 0 Å². The van der Waals surface area contributed by atoms with Gasteiger partial charge in [0.25, 0.3) is 0 Å². The molecule has 2 aromatic rings. The zero-order valence-corrected chi connectivity index (χ0v) is 18.8. The Morgan fingerprint density at radius 3 is 1.19 bits per heavy atom. The normalized spacial score (nSPS) is 11.4. The summed E-state index contributed by atoms with van der Waals surface area (Å²) in [6.45, 7) is 16.2. The van der Waals surface area contributed by atoms with E-state index in [0.29, 0.717) is 5.92 Å². The summed E-state index contributed by atoms with van der Waals surface area (Å²) in [6, 6.07) is 9.96.